The monoisotopic (exact) mass is 445 g/mol. The zero-order valence-corrected chi connectivity index (χ0v) is 18.4. The minimum absolute atomic E-state index is 0.165. The Labute approximate surface area is 186 Å². The SMILES string of the molecule is COC(=O)Nc1ccc(CNC(=O)C(CCSC)NC(=O)COc2ccccc2)cc1. The van der Waals surface area contributed by atoms with Gasteiger partial charge in [0, 0.05) is 12.2 Å². The second-order valence-electron chi connectivity index (χ2n) is 6.53. The lowest BCUT2D eigenvalue weighted by Crippen LogP contribution is -2.48. The van der Waals surface area contributed by atoms with E-state index in [9.17, 15) is 14.4 Å². The number of nitrogens with one attached hydrogen (secondary N) is 3. The smallest absolute Gasteiger partial charge is 0.411 e. The van der Waals surface area contributed by atoms with Crippen molar-refractivity contribution in [3.8, 4) is 5.75 Å². The molecule has 0 bridgehead atoms. The molecule has 0 aromatic heterocycles. The van der Waals surface area contributed by atoms with Gasteiger partial charge in [-0.15, -0.1) is 0 Å². The average Bonchev–Trinajstić information content (AvgIpc) is 2.80. The highest BCUT2D eigenvalue weighted by Gasteiger charge is 2.20. The summed E-state index contributed by atoms with van der Waals surface area (Å²) in [5.41, 5.74) is 1.44. The number of carbonyl (C=O) groups excluding carboxylic acids is 3. The van der Waals surface area contributed by atoms with Gasteiger partial charge in [-0.05, 0) is 48.3 Å². The maximum absolute atomic E-state index is 12.6. The Hall–Kier alpha value is -3.20. The van der Waals surface area contributed by atoms with Gasteiger partial charge in [-0.3, -0.25) is 14.9 Å². The minimum Gasteiger partial charge on any atom is -0.484 e. The third-order valence-corrected chi connectivity index (χ3v) is 4.87. The Morgan fingerprint density at radius 2 is 1.74 bits per heavy atom. The van der Waals surface area contributed by atoms with E-state index in [1.165, 1.54) is 7.11 Å². The highest BCUT2D eigenvalue weighted by molar-refractivity contribution is 7.98. The van der Waals surface area contributed by atoms with Crippen LogP contribution < -0.4 is 20.7 Å². The maximum Gasteiger partial charge on any atom is 0.411 e. The van der Waals surface area contributed by atoms with E-state index in [0.717, 1.165) is 11.3 Å². The molecule has 2 rings (SSSR count). The summed E-state index contributed by atoms with van der Waals surface area (Å²) < 4.78 is 9.98. The third-order valence-electron chi connectivity index (χ3n) is 4.23. The number of methoxy groups -OCH3 is 1. The molecule has 1 atom stereocenters. The number of para-hydroxylation sites is 1. The van der Waals surface area contributed by atoms with Crippen LogP contribution in [0.15, 0.2) is 54.6 Å². The van der Waals surface area contributed by atoms with E-state index < -0.39 is 12.1 Å². The standard InChI is InChI=1S/C22H27N3O5S/c1-29-22(28)24-17-10-8-16(9-11-17)14-23-21(27)19(12-13-31-2)25-20(26)15-30-18-6-4-3-5-7-18/h3-11,19H,12-15H2,1-2H3,(H,23,27)(H,24,28)(H,25,26). The van der Waals surface area contributed by atoms with Crippen LogP contribution in [0.25, 0.3) is 0 Å². The zero-order chi connectivity index (χ0) is 22.5. The van der Waals surface area contributed by atoms with Crippen LogP contribution in [0.4, 0.5) is 10.5 Å². The number of rotatable bonds is 11. The Morgan fingerprint density at radius 3 is 2.39 bits per heavy atom. The number of thioether (sulfide) groups is 1. The molecule has 3 N–H and O–H groups in total. The lowest BCUT2D eigenvalue weighted by molar-refractivity contribution is -0.130. The molecule has 2 aromatic carbocycles. The first-order valence-corrected chi connectivity index (χ1v) is 11.1. The summed E-state index contributed by atoms with van der Waals surface area (Å²) >= 11 is 1.60. The minimum atomic E-state index is -0.653. The van der Waals surface area contributed by atoms with Crippen molar-refractivity contribution in [3.63, 3.8) is 0 Å². The second kappa shape index (κ2) is 13.2. The van der Waals surface area contributed by atoms with Gasteiger partial charge in [0.05, 0.1) is 7.11 Å². The summed E-state index contributed by atoms with van der Waals surface area (Å²) in [5.74, 6) is 0.696. The molecule has 8 nitrogen and oxygen atoms in total. The Morgan fingerprint density at radius 1 is 1.03 bits per heavy atom. The molecule has 0 heterocycles. The van der Waals surface area contributed by atoms with Crippen molar-refractivity contribution in [1.29, 1.82) is 0 Å². The van der Waals surface area contributed by atoms with Crippen LogP contribution in [0, 0.1) is 0 Å². The molecule has 0 radical (unpaired) electrons. The van der Waals surface area contributed by atoms with Gasteiger partial charge in [0.1, 0.15) is 11.8 Å². The predicted molar refractivity (Wildman–Crippen MR) is 121 cm³/mol. The molecule has 0 spiro atoms. The van der Waals surface area contributed by atoms with Gasteiger partial charge in [0.25, 0.3) is 5.91 Å². The Bertz CT molecular complexity index is 846. The van der Waals surface area contributed by atoms with E-state index in [4.69, 9.17) is 4.74 Å². The fourth-order valence-electron chi connectivity index (χ4n) is 2.59. The number of ether oxygens (including phenoxy) is 2. The summed E-state index contributed by atoms with van der Waals surface area (Å²) in [6.45, 7) is 0.130. The quantitative estimate of drug-likeness (QED) is 0.491. The molecular weight excluding hydrogens is 418 g/mol. The maximum atomic E-state index is 12.6. The molecule has 0 aliphatic carbocycles. The van der Waals surface area contributed by atoms with Gasteiger partial charge >= 0.3 is 6.09 Å². The number of hydrogen-bond donors (Lipinski definition) is 3. The Kier molecular flexibility index (Phi) is 10.2. The second-order valence-corrected chi connectivity index (χ2v) is 7.52. The van der Waals surface area contributed by atoms with E-state index >= 15 is 0 Å². The van der Waals surface area contributed by atoms with Gasteiger partial charge in [0.15, 0.2) is 6.61 Å². The molecule has 166 valence electrons. The first-order chi connectivity index (χ1) is 15.0. The lowest BCUT2D eigenvalue weighted by atomic mass is 10.1. The number of hydrogen-bond acceptors (Lipinski definition) is 6. The molecule has 1 unspecified atom stereocenters. The van der Waals surface area contributed by atoms with Crippen LogP contribution in [0.5, 0.6) is 5.75 Å². The molecule has 0 fully saturated rings. The van der Waals surface area contributed by atoms with Crippen molar-refractivity contribution < 1.29 is 23.9 Å². The number of benzene rings is 2. The first kappa shape index (κ1) is 24.1. The molecule has 0 saturated carbocycles. The third kappa shape index (κ3) is 9.00. The van der Waals surface area contributed by atoms with Crippen LogP contribution in [0.1, 0.15) is 12.0 Å². The predicted octanol–water partition coefficient (Wildman–Crippen LogP) is 2.80. The molecule has 3 amide bonds. The summed E-state index contributed by atoms with van der Waals surface area (Å²) in [6.07, 6.45) is 1.90. The van der Waals surface area contributed by atoms with Crippen molar-refractivity contribution >= 4 is 35.4 Å². The van der Waals surface area contributed by atoms with Crippen LogP contribution >= 0.6 is 11.8 Å². The normalized spacial score (nSPS) is 11.2. The van der Waals surface area contributed by atoms with E-state index in [1.54, 1.807) is 48.2 Å². The van der Waals surface area contributed by atoms with Crippen molar-refractivity contribution in [2.24, 2.45) is 0 Å². The van der Waals surface area contributed by atoms with Crippen LogP contribution in [-0.2, 0) is 20.9 Å². The van der Waals surface area contributed by atoms with E-state index in [0.29, 0.717) is 24.4 Å². The van der Waals surface area contributed by atoms with Gasteiger partial charge in [-0.2, -0.15) is 11.8 Å². The van der Waals surface area contributed by atoms with Crippen molar-refractivity contribution in [2.45, 2.75) is 19.0 Å². The van der Waals surface area contributed by atoms with Gasteiger partial charge in [0.2, 0.25) is 5.91 Å². The van der Waals surface area contributed by atoms with Crippen LogP contribution in [0.3, 0.4) is 0 Å². The van der Waals surface area contributed by atoms with Crippen molar-refractivity contribution in [3.05, 3.63) is 60.2 Å². The van der Waals surface area contributed by atoms with Gasteiger partial charge in [-0.1, -0.05) is 30.3 Å². The topological polar surface area (TPSA) is 106 Å². The lowest BCUT2D eigenvalue weighted by Gasteiger charge is -2.18. The van der Waals surface area contributed by atoms with Gasteiger partial charge < -0.3 is 20.1 Å². The molecule has 0 saturated heterocycles. The first-order valence-electron chi connectivity index (χ1n) is 9.69. The summed E-state index contributed by atoms with van der Waals surface area (Å²) in [7, 11) is 1.29. The fourth-order valence-corrected chi connectivity index (χ4v) is 3.06. The Balaban J connectivity index is 1.85. The number of amides is 3. The van der Waals surface area contributed by atoms with E-state index in [2.05, 4.69) is 20.7 Å². The van der Waals surface area contributed by atoms with E-state index in [1.807, 2.05) is 24.5 Å². The number of carbonyl (C=O) groups is 3. The van der Waals surface area contributed by atoms with Crippen molar-refractivity contribution in [2.75, 3.05) is 31.0 Å². The fraction of sp³-hybridized carbons (Fsp3) is 0.318. The summed E-state index contributed by atoms with van der Waals surface area (Å²) in [6, 6.07) is 15.4. The zero-order valence-electron chi connectivity index (χ0n) is 17.6. The highest BCUT2D eigenvalue weighted by Crippen LogP contribution is 2.10. The average molecular weight is 446 g/mol. The van der Waals surface area contributed by atoms with Crippen molar-refractivity contribution in [1.82, 2.24) is 10.6 Å². The highest BCUT2D eigenvalue weighted by atomic mass is 32.2. The molecule has 0 aliphatic heterocycles. The summed E-state index contributed by atoms with van der Waals surface area (Å²) in [4.78, 5) is 36.1. The van der Waals surface area contributed by atoms with Crippen LogP contribution in [0.2, 0.25) is 0 Å². The molecule has 31 heavy (non-hydrogen) atoms. The van der Waals surface area contributed by atoms with Crippen LogP contribution in [-0.4, -0.2) is 49.7 Å². The van der Waals surface area contributed by atoms with E-state index in [-0.39, 0.29) is 18.4 Å². The summed E-state index contributed by atoms with van der Waals surface area (Å²) in [5, 5.41) is 8.15. The van der Waals surface area contributed by atoms with Gasteiger partial charge in [-0.25, -0.2) is 4.79 Å². The molecular formula is C22H27N3O5S. The molecule has 9 heteroatoms. The largest absolute Gasteiger partial charge is 0.484 e. The molecule has 2 aromatic rings. The number of anilines is 1. The molecule has 0 aliphatic rings.